The van der Waals surface area contributed by atoms with E-state index in [-0.39, 0.29) is 0 Å². The van der Waals surface area contributed by atoms with Gasteiger partial charge in [-0.1, -0.05) is 35.3 Å². The number of rotatable bonds is 2. The number of nitrogens with two attached hydrogens (primary N) is 1. The van der Waals surface area contributed by atoms with Gasteiger partial charge in [0.25, 0.3) is 0 Å². The second-order valence-electron chi connectivity index (χ2n) is 3.97. The Morgan fingerprint density at radius 3 is 2.42 bits per heavy atom. The van der Waals surface area contributed by atoms with Gasteiger partial charge in [0.05, 0.1) is 20.5 Å². The Bertz CT molecular complexity index is 716. The molecule has 0 aliphatic carbocycles. The summed E-state index contributed by atoms with van der Waals surface area (Å²) in [5, 5.41) is 7.73. The molecule has 0 aliphatic rings. The number of aromatic amines is 1. The highest BCUT2D eigenvalue weighted by atomic mass is 35.5. The minimum atomic E-state index is 0.460. The molecule has 6 heteroatoms. The van der Waals surface area contributed by atoms with E-state index in [1.54, 1.807) is 0 Å². The molecule has 96 valence electrons. The van der Waals surface area contributed by atoms with Gasteiger partial charge < -0.3 is 5.73 Å². The van der Waals surface area contributed by atoms with Crippen LogP contribution in [0.25, 0.3) is 21.7 Å². The summed E-state index contributed by atoms with van der Waals surface area (Å²) in [6.45, 7) is 0. The number of halogens is 2. The summed E-state index contributed by atoms with van der Waals surface area (Å²) in [7, 11) is 0. The summed E-state index contributed by atoms with van der Waals surface area (Å²) < 4.78 is 0.727. The van der Waals surface area contributed by atoms with E-state index in [2.05, 4.69) is 10.2 Å². The van der Waals surface area contributed by atoms with Crippen LogP contribution >= 0.6 is 34.5 Å². The van der Waals surface area contributed by atoms with Gasteiger partial charge in [-0.2, -0.15) is 5.10 Å². The van der Waals surface area contributed by atoms with Crippen molar-refractivity contribution in [3.05, 3.63) is 45.8 Å². The maximum absolute atomic E-state index is 5.97. The van der Waals surface area contributed by atoms with E-state index < -0.39 is 0 Å². The van der Waals surface area contributed by atoms with E-state index >= 15 is 0 Å². The molecule has 0 radical (unpaired) electrons. The van der Waals surface area contributed by atoms with E-state index in [4.69, 9.17) is 28.9 Å². The van der Waals surface area contributed by atoms with Crippen molar-refractivity contribution in [3.8, 4) is 21.7 Å². The summed E-state index contributed by atoms with van der Waals surface area (Å²) in [6, 6.07) is 11.3. The third kappa shape index (κ3) is 2.34. The fourth-order valence-corrected chi connectivity index (χ4v) is 3.06. The molecule has 3 rings (SSSR count). The van der Waals surface area contributed by atoms with Crippen molar-refractivity contribution in [1.82, 2.24) is 10.2 Å². The predicted octanol–water partition coefficient (Wildman–Crippen LogP) is 4.69. The molecule has 0 saturated heterocycles. The maximum Gasteiger partial charge on any atom is 0.153 e. The van der Waals surface area contributed by atoms with Gasteiger partial charge in [0.2, 0.25) is 0 Å². The van der Waals surface area contributed by atoms with Crippen LogP contribution in [0.5, 0.6) is 0 Å². The summed E-state index contributed by atoms with van der Waals surface area (Å²) >= 11 is 13.4. The molecule has 0 unspecified atom stereocenters. The lowest BCUT2D eigenvalue weighted by molar-refractivity contribution is 1.11. The monoisotopic (exact) mass is 309 g/mol. The van der Waals surface area contributed by atoms with Gasteiger partial charge >= 0.3 is 0 Å². The van der Waals surface area contributed by atoms with Gasteiger partial charge in [0.1, 0.15) is 0 Å². The second kappa shape index (κ2) is 4.89. The van der Waals surface area contributed by atoms with Gasteiger partial charge in [-0.05, 0) is 29.8 Å². The molecule has 1 aromatic carbocycles. The topological polar surface area (TPSA) is 54.7 Å². The van der Waals surface area contributed by atoms with Gasteiger partial charge in [0, 0.05) is 5.02 Å². The average molecular weight is 310 g/mol. The number of thiophene rings is 1. The Morgan fingerprint density at radius 1 is 1.05 bits per heavy atom. The Balaban J connectivity index is 2.16. The summed E-state index contributed by atoms with van der Waals surface area (Å²) in [4.78, 5) is 0.999. The molecule has 0 amide bonds. The lowest BCUT2D eigenvalue weighted by atomic mass is 10.0. The van der Waals surface area contributed by atoms with Crippen LogP contribution in [-0.4, -0.2) is 10.2 Å². The van der Waals surface area contributed by atoms with Crippen LogP contribution in [0, 0.1) is 0 Å². The highest BCUT2D eigenvalue weighted by Crippen LogP contribution is 2.39. The number of benzene rings is 1. The number of nitrogens with one attached hydrogen (secondary N) is 1. The van der Waals surface area contributed by atoms with Crippen molar-refractivity contribution < 1.29 is 0 Å². The van der Waals surface area contributed by atoms with Crippen LogP contribution in [0.4, 0.5) is 5.82 Å². The number of H-pyrrole nitrogens is 1. The lowest BCUT2D eigenvalue weighted by Gasteiger charge is -2.03. The lowest BCUT2D eigenvalue weighted by Crippen LogP contribution is -1.88. The Labute approximate surface area is 124 Å². The standard InChI is InChI=1S/C13H9Cl2N3S/c14-8-3-1-7(2-4-8)11-12(17-18-13(11)16)9-5-6-10(15)19-9/h1-6H,(H3,16,17,18). The van der Waals surface area contributed by atoms with Crippen molar-refractivity contribution >= 4 is 40.4 Å². The van der Waals surface area contributed by atoms with Gasteiger partial charge in [-0.3, -0.25) is 5.10 Å². The third-order valence-electron chi connectivity index (χ3n) is 2.75. The number of hydrogen-bond donors (Lipinski definition) is 2. The molecule has 3 aromatic rings. The Kier molecular flexibility index (Phi) is 3.22. The summed E-state index contributed by atoms with van der Waals surface area (Å²) in [6.07, 6.45) is 0. The van der Waals surface area contributed by atoms with Crippen LogP contribution in [0.2, 0.25) is 9.36 Å². The van der Waals surface area contributed by atoms with Crippen LogP contribution < -0.4 is 5.73 Å². The number of anilines is 1. The van der Waals surface area contributed by atoms with Crippen molar-refractivity contribution in [1.29, 1.82) is 0 Å². The largest absolute Gasteiger partial charge is 0.382 e. The van der Waals surface area contributed by atoms with E-state index in [0.717, 1.165) is 26.0 Å². The molecule has 19 heavy (non-hydrogen) atoms. The molecule has 3 N–H and O–H groups in total. The molecule has 0 atom stereocenters. The van der Waals surface area contributed by atoms with E-state index in [9.17, 15) is 0 Å². The first-order valence-electron chi connectivity index (χ1n) is 5.50. The molecule has 3 nitrogen and oxygen atoms in total. The molecule has 2 aromatic heterocycles. The van der Waals surface area contributed by atoms with Gasteiger partial charge in [-0.25, -0.2) is 0 Å². The zero-order valence-electron chi connectivity index (χ0n) is 9.65. The van der Waals surface area contributed by atoms with Crippen molar-refractivity contribution in [2.75, 3.05) is 5.73 Å². The minimum Gasteiger partial charge on any atom is -0.382 e. The zero-order chi connectivity index (χ0) is 13.4. The van der Waals surface area contributed by atoms with Gasteiger partial charge in [-0.15, -0.1) is 11.3 Å². The van der Waals surface area contributed by atoms with Crippen LogP contribution in [0.1, 0.15) is 0 Å². The fourth-order valence-electron chi connectivity index (χ4n) is 1.89. The first-order chi connectivity index (χ1) is 9.15. The molecule has 0 saturated carbocycles. The van der Waals surface area contributed by atoms with E-state index in [1.807, 2.05) is 36.4 Å². The molecule has 0 bridgehead atoms. The predicted molar refractivity (Wildman–Crippen MR) is 81.8 cm³/mol. The number of hydrogen-bond acceptors (Lipinski definition) is 3. The van der Waals surface area contributed by atoms with E-state index in [1.165, 1.54) is 11.3 Å². The minimum absolute atomic E-state index is 0.460. The summed E-state index contributed by atoms with van der Waals surface area (Å²) in [5.74, 6) is 0.460. The quantitative estimate of drug-likeness (QED) is 0.721. The van der Waals surface area contributed by atoms with Gasteiger partial charge in [0.15, 0.2) is 5.82 Å². The third-order valence-corrected chi connectivity index (χ3v) is 4.25. The van der Waals surface area contributed by atoms with Crippen molar-refractivity contribution in [2.24, 2.45) is 0 Å². The van der Waals surface area contributed by atoms with E-state index in [0.29, 0.717) is 10.8 Å². The molecule has 2 heterocycles. The molecule has 0 fully saturated rings. The number of nitrogen functional groups attached to an aromatic ring is 1. The SMILES string of the molecule is Nc1n[nH]c(-c2ccc(Cl)s2)c1-c1ccc(Cl)cc1. The number of nitrogens with zero attached hydrogens (tertiary/aromatic N) is 1. The smallest absolute Gasteiger partial charge is 0.153 e. The highest BCUT2D eigenvalue weighted by molar-refractivity contribution is 7.19. The Morgan fingerprint density at radius 2 is 1.79 bits per heavy atom. The number of aromatic nitrogens is 2. The average Bonchev–Trinajstić information content (AvgIpc) is 2.97. The summed E-state index contributed by atoms with van der Waals surface area (Å²) in [5.41, 5.74) is 8.66. The Hall–Kier alpha value is -1.49. The zero-order valence-corrected chi connectivity index (χ0v) is 12.0. The molecular formula is C13H9Cl2N3S. The first-order valence-corrected chi connectivity index (χ1v) is 7.08. The fraction of sp³-hybridized carbons (Fsp3) is 0. The second-order valence-corrected chi connectivity index (χ2v) is 6.12. The van der Waals surface area contributed by atoms with Crippen LogP contribution in [0.15, 0.2) is 36.4 Å². The maximum atomic E-state index is 5.97. The van der Waals surface area contributed by atoms with Crippen LogP contribution in [-0.2, 0) is 0 Å². The highest BCUT2D eigenvalue weighted by Gasteiger charge is 2.16. The molecule has 0 aliphatic heterocycles. The van der Waals surface area contributed by atoms with Crippen molar-refractivity contribution in [2.45, 2.75) is 0 Å². The first kappa shape index (κ1) is 12.5. The van der Waals surface area contributed by atoms with Crippen LogP contribution in [0.3, 0.4) is 0 Å². The molecule has 0 spiro atoms. The normalized spacial score (nSPS) is 10.8. The molecular weight excluding hydrogens is 301 g/mol. The van der Waals surface area contributed by atoms with Crippen molar-refractivity contribution in [3.63, 3.8) is 0 Å².